The number of nitrogens with zero attached hydrogens (tertiary/aromatic N) is 2. The zero-order chi connectivity index (χ0) is 17.3. The molecule has 1 heterocycles. The minimum absolute atomic E-state index is 0.0171. The molecule has 2 aromatic carbocycles. The lowest BCUT2D eigenvalue weighted by molar-refractivity contribution is 0.456. The first-order valence-electron chi connectivity index (χ1n) is 7.40. The molecule has 0 saturated carbocycles. The van der Waals surface area contributed by atoms with Crippen molar-refractivity contribution >= 4 is 16.7 Å². The molecule has 4 N–H and O–H groups in total. The highest BCUT2D eigenvalue weighted by Gasteiger charge is 2.16. The van der Waals surface area contributed by atoms with Gasteiger partial charge < -0.3 is 16.2 Å². The summed E-state index contributed by atoms with van der Waals surface area (Å²) in [6.07, 6.45) is 0. The third-order valence-electron chi connectivity index (χ3n) is 3.47. The van der Waals surface area contributed by atoms with E-state index in [9.17, 15) is 13.9 Å². The van der Waals surface area contributed by atoms with Crippen molar-refractivity contribution in [2.24, 2.45) is 5.73 Å². The largest absolute Gasteiger partial charge is 0.507 e. The van der Waals surface area contributed by atoms with Crippen molar-refractivity contribution < 1.29 is 13.9 Å². The van der Waals surface area contributed by atoms with E-state index in [2.05, 4.69) is 15.3 Å². The molecule has 7 heteroatoms. The molecule has 3 aromatic rings. The lowest BCUT2D eigenvalue weighted by Gasteiger charge is -2.13. The fourth-order valence-corrected chi connectivity index (χ4v) is 2.30. The first kappa shape index (κ1) is 16.1. The van der Waals surface area contributed by atoms with Crippen molar-refractivity contribution in [2.45, 2.75) is 13.0 Å². The highest BCUT2D eigenvalue weighted by atomic mass is 19.2. The zero-order valence-corrected chi connectivity index (χ0v) is 12.9. The number of nitrogens with two attached hydrogens (primary N) is 1. The predicted octanol–water partition coefficient (Wildman–Crippen LogP) is 3.04. The molecule has 0 spiro atoms. The van der Waals surface area contributed by atoms with Crippen molar-refractivity contribution in [3.05, 3.63) is 48.0 Å². The highest BCUT2D eigenvalue weighted by molar-refractivity contribution is 5.90. The van der Waals surface area contributed by atoms with Gasteiger partial charge in [-0.2, -0.15) is 0 Å². The molecule has 1 atom stereocenters. The van der Waals surface area contributed by atoms with Crippen LogP contribution in [0.4, 0.5) is 14.6 Å². The average Bonchev–Trinajstić information content (AvgIpc) is 2.55. The van der Waals surface area contributed by atoms with E-state index in [1.807, 2.05) is 19.1 Å². The van der Waals surface area contributed by atoms with E-state index in [4.69, 9.17) is 5.73 Å². The molecular weight excluding hydrogens is 314 g/mol. The SMILES string of the molecule is C[C@@H](N)CNc1nc(-c2cc(F)c(F)cc2O)nc2ccccc12. The van der Waals surface area contributed by atoms with Gasteiger partial charge in [-0.05, 0) is 25.1 Å². The quantitative estimate of drug-likeness (QED) is 0.685. The van der Waals surface area contributed by atoms with Crippen LogP contribution in [0.5, 0.6) is 5.75 Å². The summed E-state index contributed by atoms with van der Waals surface area (Å²) < 4.78 is 26.8. The topological polar surface area (TPSA) is 84.1 Å². The molecule has 0 amide bonds. The summed E-state index contributed by atoms with van der Waals surface area (Å²) >= 11 is 0. The Balaban J connectivity index is 2.17. The van der Waals surface area contributed by atoms with Gasteiger partial charge >= 0.3 is 0 Å². The van der Waals surface area contributed by atoms with E-state index >= 15 is 0 Å². The van der Waals surface area contributed by atoms with Crippen LogP contribution in [0, 0.1) is 11.6 Å². The summed E-state index contributed by atoms with van der Waals surface area (Å²) in [6.45, 7) is 2.32. The van der Waals surface area contributed by atoms with Gasteiger partial charge in [0.05, 0.1) is 11.1 Å². The van der Waals surface area contributed by atoms with Gasteiger partial charge in [-0.15, -0.1) is 0 Å². The van der Waals surface area contributed by atoms with Crippen LogP contribution in [-0.4, -0.2) is 27.7 Å². The molecule has 0 fully saturated rings. The minimum Gasteiger partial charge on any atom is -0.507 e. The molecule has 0 aliphatic heterocycles. The Morgan fingerprint density at radius 1 is 1.17 bits per heavy atom. The first-order chi connectivity index (χ1) is 11.5. The second-order valence-corrected chi connectivity index (χ2v) is 5.55. The Kier molecular flexibility index (Phi) is 4.26. The van der Waals surface area contributed by atoms with Crippen LogP contribution in [-0.2, 0) is 0 Å². The number of aromatic nitrogens is 2. The van der Waals surface area contributed by atoms with E-state index < -0.39 is 17.4 Å². The number of halogens is 2. The summed E-state index contributed by atoms with van der Waals surface area (Å²) in [5.74, 6) is -2.03. The van der Waals surface area contributed by atoms with E-state index in [1.54, 1.807) is 12.1 Å². The molecule has 5 nitrogen and oxygen atoms in total. The number of fused-ring (bicyclic) bond motifs is 1. The fraction of sp³-hybridized carbons (Fsp3) is 0.176. The van der Waals surface area contributed by atoms with Crippen LogP contribution in [0.2, 0.25) is 0 Å². The van der Waals surface area contributed by atoms with Crippen molar-refractivity contribution in [2.75, 3.05) is 11.9 Å². The number of hydrogen-bond acceptors (Lipinski definition) is 5. The van der Waals surface area contributed by atoms with Crippen molar-refractivity contribution in [1.82, 2.24) is 9.97 Å². The molecule has 0 aliphatic carbocycles. The van der Waals surface area contributed by atoms with Gasteiger partial charge in [0, 0.05) is 24.0 Å². The average molecular weight is 330 g/mol. The van der Waals surface area contributed by atoms with E-state index in [1.165, 1.54) is 0 Å². The fourth-order valence-electron chi connectivity index (χ4n) is 2.30. The molecule has 1 aromatic heterocycles. The van der Waals surface area contributed by atoms with E-state index in [0.717, 1.165) is 11.5 Å². The van der Waals surface area contributed by atoms with E-state index in [-0.39, 0.29) is 17.4 Å². The molecule has 24 heavy (non-hydrogen) atoms. The standard InChI is InChI=1S/C17H16F2N4O/c1-9(20)8-21-16-10-4-2-3-5-14(10)22-17(23-16)11-6-12(18)13(19)7-15(11)24/h2-7,9,24H,8,20H2,1H3,(H,21,22,23)/t9-/m1/s1. The number of aromatic hydroxyl groups is 1. The second kappa shape index (κ2) is 6.37. The third-order valence-corrected chi connectivity index (χ3v) is 3.47. The molecule has 0 bridgehead atoms. The number of nitrogens with one attached hydrogen (secondary N) is 1. The van der Waals surface area contributed by atoms with Crippen LogP contribution in [0.25, 0.3) is 22.3 Å². The zero-order valence-electron chi connectivity index (χ0n) is 12.9. The maximum Gasteiger partial charge on any atom is 0.165 e. The molecule has 3 rings (SSSR count). The molecule has 0 saturated heterocycles. The number of rotatable bonds is 4. The van der Waals surface area contributed by atoms with Gasteiger partial charge in [0.1, 0.15) is 11.6 Å². The normalized spacial score (nSPS) is 12.3. The Labute approximate surface area is 137 Å². The maximum atomic E-state index is 13.5. The van der Waals surface area contributed by atoms with Gasteiger partial charge in [0.25, 0.3) is 0 Å². The van der Waals surface area contributed by atoms with Crippen molar-refractivity contribution in [3.8, 4) is 17.1 Å². The summed E-state index contributed by atoms with van der Waals surface area (Å²) in [5.41, 5.74) is 6.38. The Morgan fingerprint density at radius 3 is 2.62 bits per heavy atom. The van der Waals surface area contributed by atoms with Gasteiger partial charge in [0.2, 0.25) is 0 Å². The second-order valence-electron chi connectivity index (χ2n) is 5.55. The van der Waals surface area contributed by atoms with Crippen LogP contribution >= 0.6 is 0 Å². The van der Waals surface area contributed by atoms with Crippen LogP contribution in [0.1, 0.15) is 6.92 Å². The molecule has 124 valence electrons. The van der Waals surface area contributed by atoms with Crippen molar-refractivity contribution in [1.29, 1.82) is 0 Å². The Hall–Kier alpha value is -2.80. The van der Waals surface area contributed by atoms with E-state index in [0.29, 0.717) is 23.9 Å². The lowest BCUT2D eigenvalue weighted by atomic mass is 10.1. The number of anilines is 1. The third kappa shape index (κ3) is 3.11. The summed E-state index contributed by atoms with van der Waals surface area (Å²) in [7, 11) is 0. The number of phenolic OH excluding ortho intramolecular Hbond substituents is 1. The summed E-state index contributed by atoms with van der Waals surface area (Å²) in [5, 5.41) is 13.8. The monoisotopic (exact) mass is 330 g/mol. The smallest absolute Gasteiger partial charge is 0.165 e. The van der Waals surface area contributed by atoms with Gasteiger partial charge in [-0.3, -0.25) is 0 Å². The van der Waals surface area contributed by atoms with Gasteiger partial charge in [0.15, 0.2) is 17.5 Å². The highest BCUT2D eigenvalue weighted by Crippen LogP contribution is 2.31. The molecule has 0 radical (unpaired) electrons. The number of benzene rings is 2. The van der Waals surface area contributed by atoms with Crippen LogP contribution in [0.15, 0.2) is 36.4 Å². The summed E-state index contributed by atoms with van der Waals surface area (Å²) in [4.78, 5) is 8.68. The number of phenols is 1. The van der Waals surface area contributed by atoms with Crippen LogP contribution in [0.3, 0.4) is 0 Å². The summed E-state index contributed by atoms with van der Waals surface area (Å²) in [6, 6.07) is 8.75. The van der Waals surface area contributed by atoms with Gasteiger partial charge in [-0.25, -0.2) is 18.7 Å². The molecule has 0 unspecified atom stereocenters. The van der Waals surface area contributed by atoms with Crippen molar-refractivity contribution in [3.63, 3.8) is 0 Å². The molecular formula is C17H16F2N4O. The number of para-hydroxylation sites is 1. The van der Waals surface area contributed by atoms with Gasteiger partial charge in [-0.1, -0.05) is 12.1 Å². The Morgan fingerprint density at radius 2 is 1.88 bits per heavy atom. The molecule has 0 aliphatic rings. The maximum absolute atomic E-state index is 13.5. The minimum atomic E-state index is -1.13. The predicted molar refractivity (Wildman–Crippen MR) is 88.7 cm³/mol. The first-order valence-corrected chi connectivity index (χ1v) is 7.40. The van der Waals surface area contributed by atoms with Crippen LogP contribution < -0.4 is 11.1 Å². The Bertz CT molecular complexity index is 899. The number of hydrogen-bond donors (Lipinski definition) is 3. The lowest BCUT2D eigenvalue weighted by Crippen LogP contribution is -2.25.